The maximum absolute atomic E-state index is 10.6. The fourth-order valence-electron chi connectivity index (χ4n) is 2.08. The predicted molar refractivity (Wildman–Crippen MR) is 65.8 cm³/mol. The lowest BCUT2D eigenvalue weighted by Crippen LogP contribution is -2.01. The van der Waals surface area contributed by atoms with Crippen molar-refractivity contribution in [1.82, 2.24) is 9.13 Å². The monoisotopic (exact) mass is 232 g/mol. The second-order valence-corrected chi connectivity index (χ2v) is 4.20. The molecule has 0 saturated heterocycles. The molecular formula is C13H16N2O2. The number of aryl methyl sites for hydroxylation is 3. The van der Waals surface area contributed by atoms with Crippen molar-refractivity contribution in [2.24, 2.45) is 14.1 Å². The lowest BCUT2D eigenvalue weighted by molar-refractivity contribution is -0.136. The SMILES string of the molecule is Cn1cccc1-c1c(CCC(=O)O)ccn1C. The minimum Gasteiger partial charge on any atom is -0.481 e. The van der Waals surface area contributed by atoms with Gasteiger partial charge in [-0.1, -0.05) is 0 Å². The lowest BCUT2D eigenvalue weighted by Gasteiger charge is -2.08. The van der Waals surface area contributed by atoms with Gasteiger partial charge in [-0.15, -0.1) is 0 Å². The highest BCUT2D eigenvalue weighted by molar-refractivity contribution is 5.68. The van der Waals surface area contributed by atoms with Gasteiger partial charge >= 0.3 is 5.97 Å². The van der Waals surface area contributed by atoms with Crippen LogP contribution in [0.5, 0.6) is 0 Å². The molecule has 0 amide bonds. The van der Waals surface area contributed by atoms with Crippen LogP contribution >= 0.6 is 0 Å². The molecule has 0 radical (unpaired) electrons. The van der Waals surface area contributed by atoms with Crippen molar-refractivity contribution in [3.8, 4) is 11.4 Å². The van der Waals surface area contributed by atoms with E-state index < -0.39 is 5.97 Å². The number of aliphatic carboxylic acids is 1. The standard InChI is InChI=1S/C13H16N2O2/c1-14-8-3-4-11(14)13-10(5-6-12(16)17)7-9-15(13)2/h3-4,7-9H,5-6H2,1-2H3,(H,16,17). The topological polar surface area (TPSA) is 47.2 Å². The molecule has 0 aromatic carbocycles. The Balaban J connectivity index is 2.36. The van der Waals surface area contributed by atoms with Crippen molar-refractivity contribution in [1.29, 1.82) is 0 Å². The van der Waals surface area contributed by atoms with Gasteiger partial charge in [0.1, 0.15) is 0 Å². The second-order valence-electron chi connectivity index (χ2n) is 4.20. The third-order valence-electron chi connectivity index (χ3n) is 2.95. The molecule has 2 heterocycles. The molecular weight excluding hydrogens is 216 g/mol. The van der Waals surface area contributed by atoms with Crippen molar-refractivity contribution in [3.05, 3.63) is 36.2 Å². The van der Waals surface area contributed by atoms with E-state index in [1.807, 2.05) is 53.8 Å². The summed E-state index contributed by atoms with van der Waals surface area (Å²) in [5, 5.41) is 8.75. The van der Waals surface area contributed by atoms with Crippen molar-refractivity contribution < 1.29 is 9.90 Å². The van der Waals surface area contributed by atoms with E-state index >= 15 is 0 Å². The van der Waals surface area contributed by atoms with Gasteiger partial charge < -0.3 is 14.2 Å². The molecule has 90 valence electrons. The molecule has 1 N–H and O–H groups in total. The molecule has 4 heteroatoms. The van der Waals surface area contributed by atoms with E-state index in [0.717, 1.165) is 17.0 Å². The molecule has 2 aromatic heterocycles. The van der Waals surface area contributed by atoms with E-state index in [1.165, 1.54) is 0 Å². The highest BCUT2D eigenvalue weighted by Crippen LogP contribution is 2.25. The van der Waals surface area contributed by atoms with E-state index in [1.54, 1.807) is 0 Å². The van der Waals surface area contributed by atoms with Gasteiger partial charge in [0.25, 0.3) is 0 Å². The van der Waals surface area contributed by atoms with Gasteiger partial charge in [0.2, 0.25) is 0 Å². The summed E-state index contributed by atoms with van der Waals surface area (Å²) in [5.74, 6) is -0.758. The molecule has 0 unspecified atom stereocenters. The molecule has 0 aliphatic rings. The van der Waals surface area contributed by atoms with Crippen LogP contribution < -0.4 is 0 Å². The Morgan fingerprint density at radius 2 is 2.00 bits per heavy atom. The van der Waals surface area contributed by atoms with Crippen LogP contribution in [0.2, 0.25) is 0 Å². The molecule has 0 atom stereocenters. The quantitative estimate of drug-likeness (QED) is 0.877. The molecule has 0 aliphatic heterocycles. The number of hydrogen-bond donors (Lipinski definition) is 1. The minimum absolute atomic E-state index is 0.168. The number of hydrogen-bond acceptors (Lipinski definition) is 1. The van der Waals surface area contributed by atoms with E-state index in [2.05, 4.69) is 0 Å². The Morgan fingerprint density at radius 3 is 2.59 bits per heavy atom. The Bertz CT molecular complexity index is 537. The summed E-state index contributed by atoms with van der Waals surface area (Å²) < 4.78 is 4.08. The summed E-state index contributed by atoms with van der Waals surface area (Å²) in [6, 6.07) is 6.02. The van der Waals surface area contributed by atoms with E-state index in [0.29, 0.717) is 6.42 Å². The first-order valence-corrected chi connectivity index (χ1v) is 5.57. The van der Waals surface area contributed by atoms with Crippen LogP contribution in [0.25, 0.3) is 11.4 Å². The van der Waals surface area contributed by atoms with Crippen molar-refractivity contribution in [3.63, 3.8) is 0 Å². The smallest absolute Gasteiger partial charge is 0.303 e. The summed E-state index contributed by atoms with van der Waals surface area (Å²) in [6.45, 7) is 0. The summed E-state index contributed by atoms with van der Waals surface area (Å²) in [4.78, 5) is 10.6. The van der Waals surface area contributed by atoms with Crippen LogP contribution in [-0.4, -0.2) is 20.2 Å². The number of nitrogens with zero attached hydrogens (tertiary/aromatic N) is 2. The molecule has 2 aromatic rings. The van der Waals surface area contributed by atoms with Gasteiger partial charge in [0.05, 0.1) is 11.4 Å². The van der Waals surface area contributed by atoms with E-state index in [4.69, 9.17) is 5.11 Å². The summed E-state index contributed by atoms with van der Waals surface area (Å²) in [6.07, 6.45) is 4.70. The van der Waals surface area contributed by atoms with Crippen LogP contribution in [0, 0.1) is 0 Å². The Kier molecular flexibility index (Phi) is 3.04. The first-order valence-electron chi connectivity index (χ1n) is 5.57. The second kappa shape index (κ2) is 4.49. The fourth-order valence-corrected chi connectivity index (χ4v) is 2.08. The third-order valence-corrected chi connectivity index (χ3v) is 2.95. The van der Waals surface area contributed by atoms with Crippen LogP contribution in [0.1, 0.15) is 12.0 Å². The molecule has 0 bridgehead atoms. The van der Waals surface area contributed by atoms with E-state index in [9.17, 15) is 4.79 Å². The molecule has 2 rings (SSSR count). The molecule has 0 spiro atoms. The zero-order valence-corrected chi connectivity index (χ0v) is 10.1. The predicted octanol–water partition coefficient (Wildman–Crippen LogP) is 2.05. The largest absolute Gasteiger partial charge is 0.481 e. The third kappa shape index (κ3) is 2.25. The zero-order chi connectivity index (χ0) is 12.4. The van der Waals surface area contributed by atoms with Crippen molar-refractivity contribution in [2.45, 2.75) is 12.8 Å². The van der Waals surface area contributed by atoms with Crippen LogP contribution in [-0.2, 0) is 25.3 Å². The number of carbonyl (C=O) groups is 1. The maximum atomic E-state index is 10.6. The van der Waals surface area contributed by atoms with Gasteiger partial charge in [-0.05, 0) is 30.2 Å². The Labute approximate surface area is 100 Å². The average Bonchev–Trinajstić information content (AvgIpc) is 2.82. The minimum atomic E-state index is -0.758. The Morgan fingerprint density at radius 1 is 1.24 bits per heavy atom. The van der Waals surface area contributed by atoms with Crippen molar-refractivity contribution >= 4 is 5.97 Å². The Hall–Kier alpha value is -1.97. The van der Waals surface area contributed by atoms with Gasteiger partial charge in [-0.3, -0.25) is 4.79 Å². The zero-order valence-electron chi connectivity index (χ0n) is 10.1. The molecule has 17 heavy (non-hydrogen) atoms. The fraction of sp³-hybridized carbons (Fsp3) is 0.308. The number of carboxylic acids is 1. The summed E-state index contributed by atoms with van der Waals surface area (Å²) >= 11 is 0. The van der Waals surface area contributed by atoms with Crippen LogP contribution in [0.15, 0.2) is 30.6 Å². The number of carboxylic acid groups (broad SMARTS) is 1. The van der Waals surface area contributed by atoms with Gasteiger partial charge in [-0.25, -0.2) is 0 Å². The first kappa shape index (κ1) is 11.5. The normalized spacial score (nSPS) is 10.7. The highest BCUT2D eigenvalue weighted by Gasteiger charge is 2.12. The van der Waals surface area contributed by atoms with E-state index in [-0.39, 0.29) is 6.42 Å². The van der Waals surface area contributed by atoms with Gasteiger partial charge in [0, 0.05) is 32.9 Å². The average molecular weight is 232 g/mol. The molecule has 0 aliphatic carbocycles. The lowest BCUT2D eigenvalue weighted by atomic mass is 10.1. The van der Waals surface area contributed by atoms with Crippen molar-refractivity contribution in [2.75, 3.05) is 0 Å². The van der Waals surface area contributed by atoms with Gasteiger partial charge in [-0.2, -0.15) is 0 Å². The molecule has 0 saturated carbocycles. The highest BCUT2D eigenvalue weighted by atomic mass is 16.4. The summed E-state index contributed by atoms with van der Waals surface area (Å²) in [5.41, 5.74) is 3.29. The first-order chi connectivity index (χ1) is 8.09. The molecule has 0 fully saturated rings. The summed E-state index contributed by atoms with van der Waals surface area (Å²) in [7, 11) is 3.97. The number of aromatic nitrogens is 2. The van der Waals surface area contributed by atoms with Crippen LogP contribution in [0.3, 0.4) is 0 Å². The van der Waals surface area contributed by atoms with Gasteiger partial charge in [0.15, 0.2) is 0 Å². The van der Waals surface area contributed by atoms with Crippen LogP contribution in [0.4, 0.5) is 0 Å². The maximum Gasteiger partial charge on any atom is 0.303 e. The molecule has 4 nitrogen and oxygen atoms in total. The number of rotatable bonds is 4.